The minimum Gasteiger partial charge on any atom is -0.493 e. The van der Waals surface area contributed by atoms with Crippen LogP contribution in [0.5, 0.6) is 11.5 Å². The number of ether oxygens (including phenoxy) is 2. The number of nitrogens with zero attached hydrogens (tertiary/aromatic N) is 4. The number of rotatable bonds is 10. The summed E-state index contributed by atoms with van der Waals surface area (Å²) in [7, 11) is 3.17. The quantitative estimate of drug-likeness (QED) is 0.245. The fourth-order valence-electron chi connectivity index (χ4n) is 3.24. The number of carbonyl (C=O) groups excluding carboxylic acids is 1. The summed E-state index contributed by atoms with van der Waals surface area (Å²) in [4.78, 5) is 17.1. The Morgan fingerprint density at radius 2 is 1.91 bits per heavy atom. The topological polar surface area (TPSA) is 91.2 Å². The molecular weight excluding hydrogens is 470 g/mol. The Morgan fingerprint density at radius 3 is 2.65 bits per heavy atom. The smallest absolute Gasteiger partial charge is 0.236 e. The molecule has 0 saturated heterocycles. The van der Waals surface area contributed by atoms with E-state index in [1.807, 2.05) is 58.5 Å². The molecular formula is C24H23N5O3S2. The van der Waals surface area contributed by atoms with Gasteiger partial charge in [0.2, 0.25) is 5.91 Å². The third-order valence-electron chi connectivity index (χ3n) is 4.82. The van der Waals surface area contributed by atoms with Gasteiger partial charge in [0.15, 0.2) is 27.6 Å². The third kappa shape index (κ3) is 5.29. The minimum absolute atomic E-state index is 0.167. The van der Waals surface area contributed by atoms with Crippen molar-refractivity contribution in [2.24, 2.45) is 0 Å². The first kappa shape index (κ1) is 23.5. The first-order valence-corrected chi connectivity index (χ1v) is 12.2. The molecule has 1 N–H and O–H groups in total. The zero-order valence-corrected chi connectivity index (χ0v) is 20.4. The van der Waals surface area contributed by atoms with Gasteiger partial charge in [0.1, 0.15) is 0 Å². The summed E-state index contributed by atoms with van der Waals surface area (Å²) in [5.74, 6) is 1.88. The van der Waals surface area contributed by atoms with Crippen molar-refractivity contribution in [2.75, 3.05) is 25.3 Å². The highest BCUT2D eigenvalue weighted by atomic mass is 32.2. The van der Waals surface area contributed by atoms with Crippen molar-refractivity contribution in [3.8, 4) is 34.1 Å². The van der Waals surface area contributed by atoms with E-state index in [0.717, 1.165) is 16.8 Å². The normalized spacial score (nSPS) is 10.6. The first-order chi connectivity index (χ1) is 16.6. The molecule has 34 heavy (non-hydrogen) atoms. The minimum atomic E-state index is -0.167. The van der Waals surface area contributed by atoms with Gasteiger partial charge in [0.25, 0.3) is 0 Å². The second-order valence-corrected chi connectivity index (χ2v) is 8.82. The molecule has 0 aliphatic carbocycles. The fourth-order valence-corrected chi connectivity index (χ4v) is 4.72. The molecule has 2 aromatic carbocycles. The molecule has 0 saturated carbocycles. The maximum atomic E-state index is 12.6. The molecule has 10 heteroatoms. The molecule has 4 rings (SSSR count). The van der Waals surface area contributed by atoms with Crippen molar-refractivity contribution in [3.63, 3.8) is 0 Å². The number of nitrogens with one attached hydrogen (secondary N) is 1. The molecule has 2 aromatic heterocycles. The van der Waals surface area contributed by atoms with Gasteiger partial charge in [-0.05, 0) is 18.2 Å². The van der Waals surface area contributed by atoms with E-state index in [9.17, 15) is 4.79 Å². The number of benzene rings is 2. The summed E-state index contributed by atoms with van der Waals surface area (Å²) < 4.78 is 12.6. The van der Waals surface area contributed by atoms with Crippen molar-refractivity contribution in [1.82, 2.24) is 19.7 Å². The SMILES string of the molecule is C=CCn1c(SCC(=O)Nc2nc(-c3ccccc3)cs2)nnc1-c1ccc(OC)c(OC)c1. The number of hydrogen-bond donors (Lipinski definition) is 1. The number of amides is 1. The molecule has 1 amide bonds. The number of aromatic nitrogens is 4. The van der Waals surface area contributed by atoms with Gasteiger partial charge in [-0.15, -0.1) is 28.1 Å². The molecule has 0 fully saturated rings. The number of allylic oxidation sites excluding steroid dienone is 1. The van der Waals surface area contributed by atoms with E-state index in [-0.39, 0.29) is 11.7 Å². The van der Waals surface area contributed by atoms with Gasteiger partial charge in [-0.25, -0.2) is 4.98 Å². The second-order valence-electron chi connectivity index (χ2n) is 7.02. The van der Waals surface area contributed by atoms with Crippen LogP contribution in [0.4, 0.5) is 5.13 Å². The molecule has 0 unspecified atom stereocenters. The average Bonchev–Trinajstić information content (AvgIpc) is 3.50. The molecule has 0 atom stereocenters. The van der Waals surface area contributed by atoms with Gasteiger partial charge in [-0.3, -0.25) is 9.36 Å². The van der Waals surface area contributed by atoms with Crippen LogP contribution in [-0.2, 0) is 11.3 Å². The summed E-state index contributed by atoms with van der Waals surface area (Å²) in [5.41, 5.74) is 2.66. The molecule has 0 radical (unpaired) electrons. The molecule has 4 aromatic rings. The predicted molar refractivity (Wildman–Crippen MR) is 136 cm³/mol. The highest BCUT2D eigenvalue weighted by molar-refractivity contribution is 7.99. The summed E-state index contributed by atoms with van der Waals surface area (Å²) in [5, 5.41) is 14.6. The maximum Gasteiger partial charge on any atom is 0.236 e. The van der Waals surface area contributed by atoms with Crippen LogP contribution < -0.4 is 14.8 Å². The third-order valence-corrected chi connectivity index (χ3v) is 6.55. The van der Waals surface area contributed by atoms with Crippen molar-refractivity contribution >= 4 is 34.1 Å². The number of carbonyl (C=O) groups is 1. The lowest BCUT2D eigenvalue weighted by atomic mass is 10.2. The lowest BCUT2D eigenvalue weighted by molar-refractivity contribution is -0.113. The van der Waals surface area contributed by atoms with Gasteiger partial charge < -0.3 is 14.8 Å². The van der Waals surface area contributed by atoms with Gasteiger partial charge >= 0.3 is 0 Å². The van der Waals surface area contributed by atoms with Crippen LogP contribution >= 0.6 is 23.1 Å². The highest BCUT2D eigenvalue weighted by Crippen LogP contribution is 2.33. The summed E-state index contributed by atoms with van der Waals surface area (Å²) in [6, 6.07) is 15.4. The number of hydrogen-bond acceptors (Lipinski definition) is 8. The Kier molecular flexibility index (Phi) is 7.61. The van der Waals surface area contributed by atoms with Crippen molar-refractivity contribution in [2.45, 2.75) is 11.7 Å². The van der Waals surface area contributed by atoms with Crippen LogP contribution in [0.25, 0.3) is 22.6 Å². The van der Waals surface area contributed by atoms with Crippen LogP contribution in [0, 0.1) is 0 Å². The van der Waals surface area contributed by atoms with Crippen LogP contribution in [0.15, 0.2) is 71.7 Å². The molecule has 0 bridgehead atoms. The van der Waals surface area contributed by atoms with Crippen LogP contribution in [0.1, 0.15) is 0 Å². The lowest BCUT2D eigenvalue weighted by Crippen LogP contribution is -2.14. The van der Waals surface area contributed by atoms with E-state index in [4.69, 9.17) is 9.47 Å². The number of methoxy groups -OCH3 is 2. The fraction of sp³-hybridized carbons (Fsp3) is 0.167. The molecule has 0 aliphatic heterocycles. The van der Waals surface area contributed by atoms with Gasteiger partial charge in [0, 0.05) is 23.1 Å². The van der Waals surface area contributed by atoms with E-state index in [2.05, 4.69) is 27.1 Å². The molecule has 174 valence electrons. The van der Waals surface area contributed by atoms with Crippen molar-refractivity contribution in [3.05, 3.63) is 66.6 Å². The zero-order valence-electron chi connectivity index (χ0n) is 18.7. The van der Waals surface area contributed by atoms with Gasteiger partial charge in [0.05, 0.1) is 25.7 Å². The van der Waals surface area contributed by atoms with Gasteiger partial charge in [-0.2, -0.15) is 0 Å². The Bertz CT molecular complexity index is 1290. The van der Waals surface area contributed by atoms with E-state index < -0.39 is 0 Å². The van der Waals surface area contributed by atoms with Gasteiger partial charge in [-0.1, -0.05) is 48.2 Å². The molecule has 2 heterocycles. The average molecular weight is 494 g/mol. The largest absolute Gasteiger partial charge is 0.493 e. The van der Waals surface area contributed by atoms with Crippen molar-refractivity contribution < 1.29 is 14.3 Å². The number of anilines is 1. The summed E-state index contributed by atoms with van der Waals surface area (Å²) in [6.45, 7) is 4.33. The van der Waals surface area contributed by atoms with Crippen molar-refractivity contribution in [1.29, 1.82) is 0 Å². The number of thiazole rings is 1. The highest BCUT2D eigenvalue weighted by Gasteiger charge is 2.17. The van der Waals surface area contributed by atoms with Crippen LogP contribution in [-0.4, -0.2) is 45.6 Å². The standard InChI is InChI=1S/C24H23N5O3S2/c1-4-12-29-22(17-10-11-19(31-2)20(13-17)32-3)27-28-24(29)34-15-21(30)26-23-25-18(14-33-23)16-8-6-5-7-9-16/h4-11,13-14H,1,12,15H2,2-3H3,(H,25,26,30). The van der Waals surface area contributed by atoms with E-state index in [1.165, 1.54) is 23.1 Å². The molecule has 8 nitrogen and oxygen atoms in total. The molecule has 0 aliphatic rings. The molecule has 0 spiro atoms. The maximum absolute atomic E-state index is 12.6. The van der Waals surface area contributed by atoms with E-state index >= 15 is 0 Å². The van der Waals surface area contributed by atoms with Crippen LogP contribution in [0.2, 0.25) is 0 Å². The zero-order chi connectivity index (χ0) is 23.9. The van der Waals surface area contributed by atoms with E-state index in [1.54, 1.807) is 20.3 Å². The Balaban J connectivity index is 1.45. The number of thioether (sulfide) groups is 1. The predicted octanol–water partition coefficient (Wildman–Crippen LogP) is 5.00. The summed E-state index contributed by atoms with van der Waals surface area (Å²) in [6.07, 6.45) is 1.76. The second kappa shape index (κ2) is 11.0. The first-order valence-electron chi connectivity index (χ1n) is 10.3. The van der Waals surface area contributed by atoms with E-state index in [0.29, 0.717) is 34.2 Å². The Morgan fingerprint density at radius 1 is 1.12 bits per heavy atom. The monoisotopic (exact) mass is 493 g/mol. The lowest BCUT2D eigenvalue weighted by Gasteiger charge is -2.11. The van der Waals surface area contributed by atoms with Crippen LogP contribution in [0.3, 0.4) is 0 Å². The Hall–Kier alpha value is -3.63. The Labute approximate surface area is 205 Å². The summed E-state index contributed by atoms with van der Waals surface area (Å²) >= 11 is 2.69.